The molecule has 1 aliphatic carbocycles. The van der Waals surface area contributed by atoms with Crippen LogP contribution in [0.2, 0.25) is 0 Å². The third kappa shape index (κ3) is 4.06. The number of carbonyl (C=O) groups excluding carboxylic acids is 1. The topological polar surface area (TPSA) is 89.1 Å². The van der Waals surface area contributed by atoms with Gasteiger partial charge >= 0.3 is 0 Å². The second-order valence-corrected chi connectivity index (χ2v) is 12.1. The quantitative estimate of drug-likeness (QED) is 0.387. The molecule has 3 heterocycles. The lowest BCUT2D eigenvalue weighted by molar-refractivity contribution is -0.0253. The third-order valence-corrected chi connectivity index (χ3v) is 8.67. The number of nitrogens with zero attached hydrogens (tertiary/aromatic N) is 4. The molecule has 0 radical (unpaired) electrons. The molecule has 4 aromatic rings. The average Bonchev–Trinajstić information content (AvgIpc) is 3.57. The van der Waals surface area contributed by atoms with Gasteiger partial charge in [0.15, 0.2) is 0 Å². The summed E-state index contributed by atoms with van der Waals surface area (Å²) < 4.78 is 2.32. The van der Waals surface area contributed by atoms with Gasteiger partial charge in [-0.25, -0.2) is 9.97 Å². The van der Waals surface area contributed by atoms with Gasteiger partial charge in [0, 0.05) is 40.5 Å². The second-order valence-electron chi connectivity index (χ2n) is 12.1. The molecule has 2 fully saturated rings. The predicted molar refractivity (Wildman–Crippen MR) is 150 cm³/mol. The van der Waals surface area contributed by atoms with Gasteiger partial charge in [-0.2, -0.15) is 0 Å². The van der Waals surface area contributed by atoms with E-state index in [2.05, 4.69) is 85.0 Å². The largest absolute Gasteiger partial charge is 0.383 e. The Morgan fingerprint density at radius 3 is 2.49 bits per heavy atom. The molecule has 0 bridgehead atoms. The first kappa shape index (κ1) is 23.9. The summed E-state index contributed by atoms with van der Waals surface area (Å²) >= 11 is 0. The summed E-state index contributed by atoms with van der Waals surface area (Å²) in [6.07, 6.45) is 7.94. The Morgan fingerprint density at radius 2 is 1.78 bits per heavy atom. The van der Waals surface area contributed by atoms with Gasteiger partial charge in [-0.05, 0) is 88.9 Å². The van der Waals surface area contributed by atoms with Crippen molar-refractivity contribution in [2.45, 2.75) is 76.5 Å². The van der Waals surface area contributed by atoms with Crippen LogP contribution in [0.4, 0.5) is 5.82 Å². The van der Waals surface area contributed by atoms with E-state index < -0.39 is 0 Å². The first-order chi connectivity index (χ1) is 17.5. The van der Waals surface area contributed by atoms with Crippen molar-refractivity contribution in [1.29, 1.82) is 0 Å². The first-order valence-corrected chi connectivity index (χ1v) is 13.2. The first-order valence-electron chi connectivity index (χ1n) is 13.2. The SMILES string of the molecule is CN1C(C)(C)CC(n2cc(-c3ccc4c(C(=O)NC5CC5)cccc4c3)c3c(N)ncnc32)CC1(C)C. The van der Waals surface area contributed by atoms with Crippen LogP contribution in [0.3, 0.4) is 0 Å². The highest BCUT2D eigenvalue weighted by Crippen LogP contribution is 2.45. The normalized spacial score (nSPS) is 19.9. The summed E-state index contributed by atoms with van der Waals surface area (Å²) in [5.41, 5.74) is 10.2. The number of hydrogen-bond acceptors (Lipinski definition) is 5. The fourth-order valence-corrected chi connectivity index (χ4v) is 6.26. The average molecular weight is 497 g/mol. The summed E-state index contributed by atoms with van der Waals surface area (Å²) in [4.78, 5) is 24.4. The Morgan fingerprint density at radius 1 is 1.05 bits per heavy atom. The van der Waals surface area contributed by atoms with Crippen molar-refractivity contribution in [2.24, 2.45) is 0 Å². The van der Waals surface area contributed by atoms with E-state index in [1.165, 1.54) is 0 Å². The summed E-state index contributed by atoms with van der Waals surface area (Å²) in [7, 11) is 2.23. The molecule has 192 valence electrons. The fraction of sp³-hybridized carbons (Fsp3) is 0.433. The highest BCUT2D eigenvalue weighted by atomic mass is 16.1. The Balaban J connectivity index is 1.46. The molecule has 1 aliphatic heterocycles. The zero-order chi connectivity index (χ0) is 26.1. The van der Waals surface area contributed by atoms with Crippen molar-refractivity contribution in [2.75, 3.05) is 12.8 Å². The number of rotatable bonds is 4. The van der Waals surface area contributed by atoms with E-state index in [-0.39, 0.29) is 23.0 Å². The molecule has 1 amide bonds. The third-order valence-electron chi connectivity index (χ3n) is 8.67. The molecular formula is C30H36N6O. The number of nitrogen functional groups attached to an aromatic ring is 1. The number of anilines is 1. The number of fused-ring (bicyclic) bond motifs is 2. The molecule has 0 unspecified atom stereocenters. The number of likely N-dealkylation sites (tertiary alicyclic amines) is 1. The minimum absolute atomic E-state index is 0.00240. The van der Waals surface area contributed by atoms with Gasteiger partial charge in [-0.15, -0.1) is 0 Å². The highest BCUT2D eigenvalue weighted by Gasteiger charge is 2.44. The molecule has 2 aromatic heterocycles. The summed E-state index contributed by atoms with van der Waals surface area (Å²) in [6, 6.07) is 12.8. The molecule has 3 N–H and O–H groups in total. The smallest absolute Gasteiger partial charge is 0.252 e. The van der Waals surface area contributed by atoms with Crippen molar-refractivity contribution in [3.8, 4) is 11.1 Å². The summed E-state index contributed by atoms with van der Waals surface area (Å²) in [6.45, 7) is 9.27. The Hall–Kier alpha value is -3.45. The number of nitrogens with one attached hydrogen (secondary N) is 1. The van der Waals surface area contributed by atoms with Crippen LogP contribution < -0.4 is 11.1 Å². The van der Waals surface area contributed by atoms with Gasteiger partial charge in [0.2, 0.25) is 0 Å². The zero-order valence-electron chi connectivity index (χ0n) is 22.4. The van der Waals surface area contributed by atoms with Crippen LogP contribution >= 0.6 is 0 Å². The number of hydrogen-bond donors (Lipinski definition) is 2. The van der Waals surface area contributed by atoms with Crippen molar-refractivity contribution >= 4 is 33.5 Å². The van der Waals surface area contributed by atoms with Crippen LogP contribution in [0.25, 0.3) is 32.9 Å². The van der Waals surface area contributed by atoms with Gasteiger partial charge < -0.3 is 15.6 Å². The Bertz CT molecular complexity index is 1510. The number of aromatic nitrogens is 3. The number of piperidine rings is 1. The molecule has 7 heteroatoms. The summed E-state index contributed by atoms with van der Waals surface area (Å²) in [5, 5.41) is 5.99. The van der Waals surface area contributed by atoms with Crippen LogP contribution in [0, 0.1) is 0 Å². The highest BCUT2D eigenvalue weighted by molar-refractivity contribution is 6.09. The van der Waals surface area contributed by atoms with E-state index in [4.69, 9.17) is 10.7 Å². The molecule has 6 rings (SSSR count). The molecule has 0 spiro atoms. The van der Waals surface area contributed by atoms with Gasteiger partial charge in [0.05, 0.1) is 5.39 Å². The molecule has 7 nitrogen and oxygen atoms in total. The summed E-state index contributed by atoms with van der Waals surface area (Å²) in [5.74, 6) is 0.491. The van der Waals surface area contributed by atoms with E-state index in [1.807, 2.05) is 12.1 Å². The molecule has 1 saturated heterocycles. The minimum atomic E-state index is 0.00240. The lowest BCUT2D eigenvalue weighted by atomic mass is 9.77. The number of nitrogens with two attached hydrogens (primary N) is 1. The van der Waals surface area contributed by atoms with Crippen molar-refractivity contribution in [3.63, 3.8) is 0 Å². The Kier molecular flexibility index (Phi) is 5.35. The number of amides is 1. The van der Waals surface area contributed by atoms with Crippen LogP contribution in [-0.2, 0) is 0 Å². The van der Waals surface area contributed by atoms with Crippen LogP contribution in [0.1, 0.15) is 69.8 Å². The van der Waals surface area contributed by atoms with Crippen molar-refractivity contribution in [1.82, 2.24) is 24.8 Å². The predicted octanol–water partition coefficient (Wildman–Crippen LogP) is 5.55. The molecular weight excluding hydrogens is 460 g/mol. The second kappa shape index (κ2) is 8.28. The van der Waals surface area contributed by atoms with Crippen molar-refractivity contribution in [3.05, 3.63) is 54.5 Å². The minimum Gasteiger partial charge on any atom is -0.383 e. The molecule has 1 saturated carbocycles. The van der Waals surface area contributed by atoms with Crippen LogP contribution in [-0.4, -0.2) is 49.5 Å². The molecule has 0 atom stereocenters. The molecule has 2 aliphatic rings. The fourth-order valence-electron chi connectivity index (χ4n) is 6.26. The number of carbonyl (C=O) groups is 1. The monoisotopic (exact) mass is 496 g/mol. The Labute approximate surface area is 218 Å². The lowest BCUT2D eigenvalue weighted by Gasteiger charge is -2.54. The van der Waals surface area contributed by atoms with E-state index in [1.54, 1.807) is 6.33 Å². The van der Waals surface area contributed by atoms with E-state index in [0.29, 0.717) is 11.9 Å². The van der Waals surface area contributed by atoms with E-state index in [0.717, 1.165) is 64.2 Å². The molecule has 37 heavy (non-hydrogen) atoms. The zero-order valence-corrected chi connectivity index (χ0v) is 22.4. The van der Waals surface area contributed by atoms with Crippen LogP contribution in [0.5, 0.6) is 0 Å². The maximum absolute atomic E-state index is 12.8. The maximum Gasteiger partial charge on any atom is 0.252 e. The van der Waals surface area contributed by atoms with Crippen LogP contribution in [0.15, 0.2) is 48.9 Å². The lowest BCUT2D eigenvalue weighted by Crippen LogP contribution is -2.58. The molecule has 2 aromatic carbocycles. The van der Waals surface area contributed by atoms with Gasteiger partial charge in [0.25, 0.3) is 5.91 Å². The van der Waals surface area contributed by atoms with Gasteiger partial charge in [-0.1, -0.05) is 24.3 Å². The van der Waals surface area contributed by atoms with Gasteiger partial charge in [0.1, 0.15) is 17.8 Å². The number of benzene rings is 2. The standard InChI is InChI=1S/C30H36N6O/c1-29(2)14-21(15-30(3,4)35(29)5)36-16-24(25-26(31)32-17-33-27(25)36)19-9-12-22-18(13-19)7-6-8-23(22)28(37)34-20-10-11-20/h6-9,12-13,16-17,20-21H,10-11,14-15H2,1-5H3,(H,34,37)(H2,31,32,33). The van der Waals surface area contributed by atoms with Crippen molar-refractivity contribution < 1.29 is 4.79 Å². The van der Waals surface area contributed by atoms with Gasteiger partial charge in [-0.3, -0.25) is 9.69 Å². The van der Waals surface area contributed by atoms with E-state index in [9.17, 15) is 4.79 Å². The maximum atomic E-state index is 12.8. The van der Waals surface area contributed by atoms with E-state index >= 15 is 0 Å².